The Bertz CT molecular complexity index is 1100. The smallest absolute Gasteiger partial charge is 0.326 e. The van der Waals surface area contributed by atoms with E-state index < -0.39 is 17.4 Å². The summed E-state index contributed by atoms with van der Waals surface area (Å²) in [6.45, 7) is 12.2. The summed E-state index contributed by atoms with van der Waals surface area (Å²) in [4.78, 5) is 27.7. The number of nitrogens with zero attached hydrogens (tertiary/aromatic N) is 1. The zero-order valence-corrected chi connectivity index (χ0v) is 22.6. The molecule has 5 nitrogen and oxygen atoms in total. The van der Waals surface area contributed by atoms with E-state index in [1.807, 2.05) is 51.1 Å². The molecule has 1 unspecified atom stereocenters. The summed E-state index contributed by atoms with van der Waals surface area (Å²) in [7, 11) is 0. The fraction of sp³-hybridized carbons (Fsp3) is 0.548. The molecule has 0 spiro atoms. The van der Waals surface area contributed by atoms with Crippen molar-refractivity contribution < 1.29 is 19.4 Å². The topological polar surface area (TPSA) is 66.8 Å². The van der Waals surface area contributed by atoms with Gasteiger partial charge in [-0.25, -0.2) is 4.79 Å². The number of hydrogen-bond acceptors (Lipinski definition) is 3. The van der Waals surface area contributed by atoms with Crippen molar-refractivity contribution in [1.29, 1.82) is 0 Å². The zero-order chi connectivity index (χ0) is 26.3. The predicted molar refractivity (Wildman–Crippen MR) is 142 cm³/mol. The number of carbonyl (C=O) groups is 2. The lowest BCUT2D eigenvalue weighted by Crippen LogP contribution is -2.54. The van der Waals surface area contributed by atoms with Crippen LogP contribution in [0.2, 0.25) is 0 Å². The van der Waals surface area contributed by atoms with Crippen molar-refractivity contribution in [3.63, 3.8) is 0 Å². The first-order valence-corrected chi connectivity index (χ1v) is 13.3. The van der Waals surface area contributed by atoms with Crippen LogP contribution in [0, 0.1) is 11.3 Å². The number of ether oxygens (including phenoxy) is 1. The van der Waals surface area contributed by atoms with Crippen LogP contribution in [-0.2, 0) is 21.4 Å². The second kappa shape index (κ2) is 9.91. The number of benzene rings is 2. The maximum atomic E-state index is 13.6. The van der Waals surface area contributed by atoms with E-state index in [1.54, 1.807) is 4.90 Å². The van der Waals surface area contributed by atoms with Gasteiger partial charge in [-0.1, -0.05) is 85.4 Å². The molecule has 1 aliphatic carbocycles. The SMILES string of the molecule is CC(C)(C)C(=O)N1C(CC2CCCC2)c2cc(Oc3ccc(C(C)(C)C)cc3)ccc2C[C@H]1C(=O)O. The minimum absolute atomic E-state index is 0.0710. The van der Waals surface area contributed by atoms with Crippen LogP contribution in [0.3, 0.4) is 0 Å². The fourth-order valence-electron chi connectivity index (χ4n) is 5.64. The molecule has 0 aromatic heterocycles. The van der Waals surface area contributed by atoms with E-state index in [0.717, 1.165) is 36.1 Å². The molecular weight excluding hydrogens is 450 g/mol. The van der Waals surface area contributed by atoms with E-state index >= 15 is 0 Å². The van der Waals surface area contributed by atoms with Gasteiger partial charge < -0.3 is 14.7 Å². The van der Waals surface area contributed by atoms with Gasteiger partial charge in [0, 0.05) is 11.8 Å². The van der Waals surface area contributed by atoms with Gasteiger partial charge in [-0.2, -0.15) is 0 Å². The number of aliphatic carboxylic acids is 1. The molecule has 2 atom stereocenters. The number of amides is 1. The number of carboxylic acids is 1. The highest BCUT2D eigenvalue weighted by Crippen LogP contribution is 2.44. The highest BCUT2D eigenvalue weighted by molar-refractivity contribution is 5.88. The predicted octanol–water partition coefficient (Wildman–Crippen LogP) is 7.28. The third kappa shape index (κ3) is 5.61. The van der Waals surface area contributed by atoms with Crippen molar-refractivity contribution in [3.8, 4) is 11.5 Å². The molecule has 2 aliphatic rings. The molecule has 5 heteroatoms. The van der Waals surface area contributed by atoms with Gasteiger partial charge in [0.05, 0.1) is 6.04 Å². The fourth-order valence-corrected chi connectivity index (χ4v) is 5.64. The van der Waals surface area contributed by atoms with E-state index in [0.29, 0.717) is 18.1 Å². The van der Waals surface area contributed by atoms with E-state index in [-0.39, 0.29) is 17.4 Å². The van der Waals surface area contributed by atoms with Gasteiger partial charge >= 0.3 is 5.97 Å². The van der Waals surface area contributed by atoms with Gasteiger partial charge in [0.1, 0.15) is 17.5 Å². The minimum atomic E-state index is -0.936. The highest BCUT2D eigenvalue weighted by Gasteiger charge is 2.45. The van der Waals surface area contributed by atoms with Crippen LogP contribution in [0.5, 0.6) is 11.5 Å². The van der Waals surface area contributed by atoms with E-state index in [4.69, 9.17) is 4.74 Å². The Kier molecular flexibility index (Phi) is 7.23. The Balaban J connectivity index is 1.71. The summed E-state index contributed by atoms with van der Waals surface area (Å²) < 4.78 is 6.25. The average molecular weight is 492 g/mol. The Morgan fingerprint density at radius 2 is 1.56 bits per heavy atom. The van der Waals surface area contributed by atoms with Crippen molar-refractivity contribution >= 4 is 11.9 Å². The summed E-state index contributed by atoms with van der Waals surface area (Å²) >= 11 is 0. The summed E-state index contributed by atoms with van der Waals surface area (Å²) in [5.74, 6) is 0.935. The van der Waals surface area contributed by atoms with Gasteiger partial charge in [-0.3, -0.25) is 4.79 Å². The summed E-state index contributed by atoms with van der Waals surface area (Å²) in [5.41, 5.74) is 2.68. The quantitative estimate of drug-likeness (QED) is 0.477. The molecule has 2 aromatic carbocycles. The van der Waals surface area contributed by atoms with Crippen molar-refractivity contribution in [3.05, 3.63) is 59.2 Å². The van der Waals surface area contributed by atoms with E-state index in [2.05, 4.69) is 32.9 Å². The summed E-state index contributed by atoms with van der Waals surface area (Å²) in [5, 5.41) is 10.1. The molecule has 0 saturated heterocycles. The van der Waals surface area contributed by atoms with Crippen LogP contribution in [0.25, 0.3) is 0 Å². The zero-order valence-electron chi connectivity index (χ0n) is 22.6. The van der Waals surface area contributed by atoms with Crippen LogP contribution < -0.4 is 4.74 Å². The second-order valence-corrected chi connectivity index (χ2v) is 12.7. The van der Waals surface area contributed by atoms with Gasteiger partial charge in [0.15, 0.2) is 0 Å². The largest absolute Gasteiger partial charge is 0.480 e. The summed E-state index contributed by atoms with van der Waals surface area (Å²) in [6.07, 6.45) is 5.78. The lowest BCUT2D eigenvalue weighted by molar-refractivity contribution is -0.158. The van der Waals surface area contributed by atoms with Gasteiger partial charge in [0.2, 0.25) is 5.91 Å². The van der Waals surface area contributed by atoms with Gasteiger partial charge in [0.25, 0.3) is 0 Å². The highest BCUT2D eigenvalue weighted by atomic mass is 16.5. The first kappa shape index (κ1) is 26.2. The normalized spacial score (nSPS) is 20.8. The first-order valence-electron chi connectivity index (χ1n) is 13.3. The monoisotopic (exact) mass is 491 g/mol. The molecule has 1 heterocycles. The molecule has 1 aliphatic heterocycles. The van der Waals surface area contributed by atoms with E-state index in [1.165, 1.54) is 18.4 Å². The Morgan fingerprint density at radius 1 is 0.944 bits per heavy atom. The first-order chi connectivity index (χ1) is 16.8. The van der Waals surface area contributed by atoms with Crippen molar-refractivity contribution in [2.24, 2.45) is 11.3 Å². The molecule has 194 valence electrons. The lowest BCUT2D eigenvalue weighted by atomic mass is 9.81. The second-order valence-electron chi connectivity index (χ2n) is 12.7. The van der Waals surface area contributed by atoms with Crippen molar-refractivity contribution in [2.45, 2.75) is 97.6 Å². The molecule has 4 rings (SSSR count). The molecule has 0 radical (unpaired) electrons. The maximum Gasteiger partial charge on any atom is 0.326 e. The van der Waals surface area contributed by atoms with Crippen LogP contribution in [0.1, 0.15) is 96.4 Å². The molecule has 36 heavy (non-hydrogen) atoms. The number of fused-ring (bicyclic) bond motifs is 1. The molecule has 1 N–H and O–H groups in total. The van der Waals surface area contributed by atoms with Crippen LogP contribution in [-0.4, -0.2) is 27.9 Å². The minimum Gasteiger partial charge on any atom is -0.480 e. The maximum absolute atomic E-state index is 13.6. The third-order valence-corrected chi connectivity index (χ3v) is 7.71. The standard InChI is InChI=1S/C31H41NO4/c1-30(2,3)22-12-15-23(16-13-22)36-24-14-11-21-18-27(28(33)34)32(29(35)31(4,5)6)26(25(21)19-24)17-20-9-7-8-10-20/h11-16,19-20,26-27H,7-10,17-18H2,1-6H3,(H,33,34)/t26?,27-/m0/s1. The molecule has 1 fully saturated rings. The van der Waals surface area contributed by atoms with Crippen LogP contribution in [0.15, 0.2) is 42.5 Å². The molecule has 1 amide bonds. The molecular formula is C31H41NO4. The third-order valence-electron chi connectivity index (χ3n) is 7.71. The number of rotatable bonds is 5. The Labute approximate surface area is 215 Å². The molecule has 2 aromatic rings. The van der Waals surface area contributed by atoms with Crippen LogP contribution >= 0.6 is 0 Å². The van der Waals surface area contributed by atoms with Crippen molar-refractivity contribution in [1.82, 2.24) is 4.90 Å². The molecule has 0 bridgehead atoms. The van der Waals surface area contributed by atoms with E-state index in [9.17, 15) is 14.7 Å². The van der Waals surface area contributed by atoms with Gasteiger partial charge in [-0.05, 0) is 58.7 Å². The number of hydrogen-bond donors (Lipinski definition) is 1. The molecule has 1 saturated carbocycles. The number of carboxylic acid groups (broad SMARTS) is 1. The van der Waals surface area contributed by atoms with Crippen molar-refractivity contribution in [2.75, 3.05) is 0 Å². The Morgan fingerprint density at radius 3 is 2.11 bits per heavy atom. The van der Waals surface area contributed by atoms with Crippen LogP contribution in [0.4, 0.5) is 0 Å². The Hall–Kier alpha value is -2.82. The summed E-state index contributed by atoms with van der Waals surface area (Å²) in [6, 6.07) is 13.0. The number of carbonyl (C=O) groups excluding carboxylic acids is 1. The average Bonchev–Trinajstić information content (AvgIpc) is 3.31. The van der Waals surface area contributed by atoms with Gasteiger partial charge in [-0.15, -0.1) is 0 Å². The lowest BCUT2D eigenvalue weighted by Gasteiger charge is -2.45.